The first-order chi connectivity index (χ1) is 9.86. The molecule has 114 valence electrons. The summed E-state index contributed by atoms with van der Waals surface area (Å²) in [7, 11) is 0. The van der Waals surface area contributed by atoms with Crippen LogP contribution in [-0.2, 0) is 4.79 Å². The molecule has 2 atom stereocenters. The summed E-state index contributed by atoms with van der Waals surface area (Å²) in [5, 5.41) is 2.32. The maximum Gasteiger partial charge on any atom is 0.242 e. The van der Waals surface area contributed by atoms with Crippen molar-refractivity contribution >= 4 is 40.1 Å². The van der Waals surface area contributed by atoms with Gasteiger partial charge in [-0.05, 0) is 26.8 Å². The Balaban J connectivity index is 2.66. The van der Waals surface area contributed by atoms with E-state index in [9.17, 15) is 9.18 Å². The first-order valence-electron chi connectivity index (χ1n) is 6.65. The third-order valence-corrected chi connectivity index (χ3v) is 3.72. The second kappa shape index (κ2) is 6.20. The highest BCUT2D eigenvalue weighted by molar-refractivity contribution is 6.31. The van der Waals surface area contributed by atoms with Crippen molar-refractivity contribution in [3.05, 3.63) is 28.8 Å². The Morgan fingerprint density at radius 3 is 2.71 bits per heavy atom. The molecule has 0 saturated carbocycles. The zero-order chi connectivity index (χ0) is 15.7. The van der Waals surface area contributed by atoms with Gasteiger partial charge in [0.1, 0.15) is 17.7 Å². The van der Waals surface area contributed by atoms with Gasteiger partial charge in [-0.3, -0.25) is 4.79 Å². The lowest BCUT2D eigenvalue weighted by atomic mass is 10.2. The van der Waals surface area contributed by atoms with Crippen molar-refractivity contribution in [1.29, 1.82) is 0 Å². The lowest BCUT2D eigenvalue weighted by Crippen LogP contribution is -2.31. The van der Waals surface area contributed by atoms with Gasteiger partial charge in [-0.1, -0.05) is 11.6 Å². The van der Waals surface area contributed by atoms with E-state index in [1.54, 1.807) is 18.4 Å². The molecule has 0 bridgehead atoms. The first kappa shape index (κ1) is 16.0. The number of fused-ring (bicyclic) bond motifs is 1. The molecule has 1 aromatic heterocycles. The lowest BCUT2D eigenvalue weighted by molar-refractivity contribution is -0.123. The van der Waals surface area contributed by atoms with Gasteiger partial charge in [-0.25, -0.2) is 9.37 Å². The zero-order valence-electron chi connectivity index (χ0n) is 12.0. The monoisotopic (exact) mass is 331 g/mol. The van der Waals surface area contributed by atoms with E-state index in [2.05, 4.69) is 10.3 Å². The lowest BCUT2D eigenvalue weighted by Gasteiger charge is -2.18. The predicted molar refractivity (Wildman–Crippen MR) is 82.4 cm³/mol. The van der Waals surface area contributed by atoms with Crippen molar-refractivity contribution in [2.24, 2.45) is 0 Å². The number of aromatic nitrogens is 2. The van der Waals surface area contributed by atoms with Crippen molar-refractivity contribution in [3.63, 3.8) is 0 Å². The van der Waals surface area contributed by atoms with Crippen LogP contribution in [0.25, 0.3) is 11.0 Å². The van der Waals surface area contributed by atoms with E-state index in [0.717, 1.165) is 0 Å². The molecule has 1 heterocycles. The number of halogens is 3. The number of amides is 1. The third-order valence-electron chi connectivity index (χ3n) is 3.23. The molecule has 21 heavy (non-hydrogen) atoms. The Labute approximate surface area is 132 Å². The van der Waals surface area contributed by atoms with Crippen molar-refractivity contribution in [3.8, 4) is 0 Å². The normalized spacial score (nSPS) is 14.2. The standard InChI is InChI=1S/C14H16Cl2FN3O/c1-4-18-14(21)8(3)20-12-5-9(16)10(17)6-11(12)19-13(20)7(2)15/h5-8H,4H2,1-3H3,(H,18,21). The van der Waals surface area contributed by atoms with Crippen LogP contribution >= 0.6 is 23.2 Å². The number of hydrogen-bond acceptors (Lipinski definition) is 2. The summed E-state index contributed by atoms with van der Waals surface area (Å²) >= 11 is 12.0. The fourth-order valence-corrected chi connectivity index (χ4v) is 2.55. The summed E-state index contributed by atoms with van der Waals surface area (Å²) in [6.45, 7) is 5.86. The van der Waals surface area contributed by atoms with Gasteiger partial charge < -0.3 is 9.88 Å². The minimum absolute atomic E-state index is 0.0134. The number of benzene rings is 1. The SMILES string of the molecule is CCNC(=O)C(C)n1c(C(C)Cl)nc2cc(F)c(Cl)cc21. The molecule has 0 aliphatic heterocycles. The zero-order valence-corrected chi connectivity index (χ0v) is 13.5. The number of likely N-dealkylation sites (N-methyl/N-ethyl adjacent to an activating group) is 1. The Bertz CT molecular complexity index is 684. The van der Waals surface area contributed by atoms with E-state index in [-0.39, 0.29) is 10.9 Å². The minimum Gasteiger partial charge on any atom is -0.355 e. The predicted octanol–water partition coefficient (Wildman–Crippen LogP) is 3.83. The van der Waals surface area contributed by atoms with Gasteiger partial charge in [-0.2, -0.15) is 0 Å². The van der Waals surface area contributed by atoms with Crippen LogP contribution in [-0.4, -0.2) is 22.0 Å². The molecule has 4 nitrogen and oxygen atoms in total. The Morgan fingerprint density at radius 2 is 2.14 bits per heavy atom. The van der Waals surface area contributed by atoms with Crippen LogP contribution in [0, 0.1) is 5.82 Å². The highest BCUT2D eigenvalue weighted by Gasteiger charge is 2.24. The molecular formula is C14H16Cl2FN3O. The first-order valence-corrected chi connectivity index (χ1v) is 7.46. The van der Waals surface area contributed by atoms with Crippen LogP contribution < -0.4 is 5.32 Å². The molecule has 1 amide bonds. The number of imidazole rings is 1. The van der Waals surface area contributed by atoms with E-state index in [1.165, 1.54) is 12.1 Å². The van der Waals surface area contributed by atoms with Crippen LogP contribution in [0.2, 0.25) is 5.02 Å². The average molecular weight is 332 g/mol. The maximum absolute atomic E-state index is 13.6. The van der Waals surface area contributed by atoms with Crippen LogP contribution in [0.1, 0.15) is 38.0 Å². The molecule has 7 heteroatoms. The second-order valence-electron chi connectivity index (χ2n) is 4.78. The molecule has 1 N–H and O–H groups in total. The van der Waals surface area contributed by atoms with E-state index in [0.29, 0.717) is 23.4 Å². The largest absolute Gasteiger partial charge is 0.355 e. The summed E-state index contributed by atoms with van der Waals surface area (Å²) in [5.74, 6) is -0.198. The summed E-state index contributed by atoms with van der Waals surface area (Å²) in [5.41, 5.74) is 1.01. The number of carbonyl (C=O) groups is 1. The number of carbonyl (C=O) groups excluding carboxylic acids is 1. The molecule has 1 aromatic carbocycles. The number of alkyl halides is 1. The Hall–Kier alpha value is -1.33. The van der Waals surface area contributed by atoms with Crippen molar-refractivity contribution in [1.82, 2.24) is 14.9 Å². The number of hydrogen-bond donors (Lipinski definition) is 1. The topological polar surface area (TPSA) is 46.9 Å². The number of rotatable bonds is 4. The number of nitrogens with one attached hydrogen (secondary N) is 1. The number of nitrogens with zero attached hydrogens (tertiary/aromatic N) is 2. The molecular weight excluding hydrogens is 316 g/mol. The van der Waals surface area contributed by atoms with Gasteiger partial charge in [0.25, 0.3) is 0 Å². The Kier molecular flexibility index (Phi) is 4.74. The average Bonchev–Trinajstić information content (AvgIpc) is 2.77. The summed E-state index contributed by atoms with van der Waals surface area (Å²) < 4.78 is 15.3. The van der Waals surface area contributed by atoms with Gasteiger partial charge in [-0.15, -0.1) is 11.6 Å². The molecule has 0 saturated heterocycles. The van der Waals surface area contributed by atoms with Gasteiger partial charge >= 0.3 is 0 Å². The maximum atomic E-state index is 13.6. The van der Waals surface area contributed by atoms with Crippen molar-refractivity contribution in [2.45, 2.75) is 32.2 Å². The van der Waals surface area contributed by atoms with Gasteiger partial charge in [0.2, 0.25) is 5.91 Å². The van der Waals surface area contributed by atoms with Crippen molar-refractivity contribution in [2.75, 3.05) is 6.54 Å². The van der Waals surface area contributed by atoms with Gasteiger partial charge in [0.15, 0.2) is 0 Å². The summed E-state index contributed by atoms with van der Waals surface area (Å²) in [4.78, 5) is 16.4. The smallest absolute Gasteiger partial charge is 0.242 e. The van der Waals surface area contributed by atoms with E-state index in [4.69, 9.17) is 23.2 Å². The van der Waals surface area contributed by atoms with Crippen LogP contribution in [0.15, 0.2) is 12.1 Å². The molecule has 0 spiro atoms. The van der Waals surface area contributed by atoms with Crippen molar-refractivity contribution < 1.29 is 9.18 Å². The highest BCUT2D eigenvalue weighted by atomic mass is 35.5. The van der Waals surface area contributed by atoms with E-state index in [1.807, 2.05) is 6.92 Å². The molecule has 0 fully saturated rings. The van der Waals surface area contributed by atoms with Gasteiger partial charge in [0.05, 0.1) is 21.4 Å². The molecule has 2 rings (SSSR count). The van der Waals surface area contributed by atoms with Crippen LogP contribution in [0.5, 0.6) is 0 Å². The quantitative estimate of drug-likeness (QED) is 0.865. The fourth-order valence-electron chi connectivity index (χ4n) is 2.24. The Morgan fingerprint density at radius 1 is 1.48 bits per heavy atom. The van der Waals surface area contributed by atoms with E-state index >= 15 is 0 Å². The third kappa shape index (κ3) is 2.99. The molecule has 0 aliphatic carbocycles. The van der Waals surface area contributed by atoms with E-state index < -0.39 is 17.2 Å². The highest BCUT2D eigenvalue weighted by Crippen LogP contribution is 2.31. The molecule has 0 radical (unpaired) electrons. The van der Waals surface area contributed by atoms with Crippen LogP contribution in [0.3, 0.4) is 0 Å². The summed E-state index contributed by atoms with van der Waals surface area (Å²) in [6.07, 6.45) is 0. The molecule has 2 aromatic rings. The van der Waals surface area contributed by atoms with Crippen LogP contribution in [0.4, 0.5) is 4.39 Å². The molecule has 2 unspecified atom stereocenters. The van der Waals surface area contributed by atoms with Gasteiger partial charge in [0, 0.05) is 12.6 Å². The summed E-state index contributed by atoms with van der Waals surface area (Å²) in [6, 6.07) is 2.20. The minimum atomic E-state index is -0.548. The second-order valence-corrected chi connectivity index (χ2v) is 5.84. The molecule has 0 aliphatic rings. The fraction of sp³-hybridized carbons (Fsp3) is 0.429.